The first-order valence-corrected chi connectivity index (χ1v) is 5.63. The highest BCUT2D eigenvalue weighted by atomic mass is 14.6. The molecule has 0 aromatic carbocycles. The highest BCUT2D eigenvalue weighted by Crippen LogP contribution is 2.66. The van der Waals surface area contributed by atoms with Crippen molar-refractivity contribution in [2.75, 3.05) is 0 Å². The van der Waals surface area contributed by atoms with Crippen molar-refractivity contribution in [3.8, 4) is 6.07 Å². The zero-order chi connectivity index (χ0) is 10.3. The molecule has 0 spiro atoms. The van der Waals surface area contributed by atoms with Crippen molar-refractivity contribution in [2.24, 2.45) is 29.1 Å². The molecule has 2 saturated carbocycles. The lowest BCUT2D eigenvalue weighted by atomic mass is 9.80. The molecule has 2 rings (SSSR count). The van der Waals surface area contributed by atoms with Gasteiger partial charge in [-0.3, -0.25) is 0 Å². The Morgan fingerprint density at radius 1 is 1.29 bits per heavy atom. The van der Waals surface area contributed by atoms with E-state index < -0.39 is 0 Å². The highest BCUT2D eigenvalue weighted by molar-refractivity contribution is 5.13. The van der Waals surface area contributed by atoms with Gasteiger partial charge in [-0.2, -0.15) is 5.26 Å². The van der Waals surface area contributed by atoms with E-state index in [2.05, 4.69) is 32.9 Å². The maximum Gasteiger partial charge on any atom is 0.0908 e. The molecule has 76 valence electrons. The number of fused-ring (bicyclic) bond motifs is 1. The van der Waals surface area contributed by atoms with Crippen LogP contribution >= 0.6 is 0 Å². The minimum absolute atomic E-state index is 0.587. The van der Waals surface area contributed by atoms with Crippen LogP contribution in [0.4, 0.5) is 0 Å². The van der Waals surface area contributed by atoms with Crippen molar-refractivity contribution in [3.05, 3.63) is 12.2 Å². The minimum Gasteiger partial charge on any atom is -0.193 e. The van der Waals surface area contributed by atoms with Crippen molar-refractivity contribution < 1.29 is 0 Å². The standard InChI is InChI=1S/C13H19N/c1-9-7-11-12(13(11,2)3)8-10(9)5-4-6-14/h4-5,9-12H,7-8H2,1-3H3/t9-,10-,11-,12?/m0/s1. The molecule has 1 nitrogen and oxygen atoms in total. The molecule has 0 amide bonds. The van der Waals surface area contributed by atoms with Gasteiger partial charge in [-0.1, -0.05) is 26.8 Å². The Balaban J connectivity index is 2.03. The van der Waals surface area contributed by atoms with Gasteiger partial charge in [0.05, 0.1) is 6.07 Å². The summed E-state index contributed by atoms with van der Waals surface area (Å²) in [5.41, 5.74) is 0.587. The van der Waals surface area contributed by atoms with Crippen LogP contribution in [0, 0.1) is 40.4 Å². The van der Waals surface area contributed by atoms with Crippen LogP contribution in [0.5, 0.6) is 0 Å². The Morgan fingerprint density at radius 2 is 1.93 bits per heavy atom. The van der Waals surface area contributed by atoms with Crippen LogP contribution in [0.1, 0.15) is 33.6 Å². The second-order valence-electron chi connectivity index (χ2n) is 5.64. The molecule has 2 fully saturated rings. The molecule has 1 heteroatoms. The number of nitriles is 1. The SMILES string of the molecule is C[C@H]1C[C@H]2C(C[C@@H]1C=CC#N)C2(C)C. The summed E-state index contributed by atoms with van der Waals surface area (Å²) in [4.78, 5) is 0. The third-order valence-electron chi connectivity index (χ3n) is 4.59. The van der Waals surface area contributed by atoms with E-state index in [0.717, 1.165) is 17.8 Å². The molecule has 1 unspecified atom stereocenters. The lowest BCUT2D eigenvalue weighted by Crippen LogP contribution is -2.16. The molecule has 2 aliphatic carbocycles. The van der Waals surface area contributed by atoms with E-state index >= 15 is 0 Å². The van der Waals surface area contributed by atoms with Gasteiger partial charge in [-0.25, -0.2) is 0 Å². The lowest BCUT2D eigenvalue weighted by Gasteiger charge is -2.25. The molecular weight excluding hydrogens is 170 g/mol. The molecule has 0 aliphatic heterocycles. The summed E-state index contributed by atoms with van der Waals surface area (Å²) < 4.78 is 0. The Hall–Kier alpha value is -0.770. The molecule has 0 aromatic rings. The number of hydrogen-bond acceptors (Lipinski definition) is 1. The first kappa shape index (κ1) is 9.77. The van der Waals surface area contributed by atoms with Gasteiger partial charge < -0.3 is 0 Å². The molecule has 0 radical (unpaired) electrons. The first-order valence-electron chi connectivity index (χ1n) is 5.63. The van der Waals surface area contributed by atoms with Crippen LogP contribution in [-0.4, -0.2) is 0 Å². The van der Waals surface area contributed by atoms with E-state index in [1.807, 2.05) is 0 Å². The predicted octanol–water partition coefficient (Wildman–Crippen LogP) is 3.38. The summed E-state index contributed by atoms with van der Waals surface area (Å²) >= 11 is 0. The van der Waals surface area contributed by atoms with Gasteiger partial charge in [-0.05, 0) is 41.9 Å². The Kier molecular flexibility index (Phi) is 2.18. The zero-order valence-corrected chi connectivity index (χ0v) is 9.33. The van der Waals surface area contributed by atoms with Gasteiger partial charge in [0.15, 0.2) is 0 Å². The number of nitrogens with zero attached hydrogens (tertiary/aromatic N) is 1. The fourth-order valence-electron chi connectivity index (χ4n) is 3.33. The van der Waals surface area contributed by atoms with Gasteiger partial charge in [-0.15, -0.1) is 0 Å². The highest BCUT2D eigenvalue weighted by Gasteiger charge is 2.60. The van der Waals surface area contributed by atoms with Gasteiger partial charge in [0, 0.05) is 6.08 Å². The van der Waals surface area contributed by atoms with Crippen LogP contribution in [0.3, 0.4) is 0 Å². The van der Waals surface area contributed by atoms with Gasteiger partial charge in [0.2, 0.25) is 0 Å². The van der Waals surface area contributed by atoms with E-state index in [1.165, 1.54) is 12.8 Å². The number of hydrogen-bond donors (Lipinski definition) is 0. The molecule has 0 aromatic heterocycles. The second-order valence-corrected chi connectivity index (χ2v) is 5.64. The van der Waals surface area contributed by atoms with Crippen molar-refractivity contribution in [1.29, 1.82) is 5.26 Å². The van der Waals surface area contributed by atoms with Crippen LogP contribution in [0.15, 0.2) is 12.2 Å². The number of rotatable bonds is 1. The largest absolute Gasteiger partial charge is 0.193 e. The van der Waals surface area contributed by atoms with Crippen molar-refractivity contribution in [1.82, 2.24) is 0 Å². The van der Waals surface area contributed by atoms with E-state index in [0.29, 0.717) is 11.3 Å². The summed E-state index contributed by atoms with van der Waals surface area (Å²) in [6.07, 6.45) is 6.45. The summed E-state index contributed by atoms with van der Waals surface area (Å²) in [7, 11) is 0. The maximum absolute atomic E-state index is 8.53. The summed E-state index contributed by atoms with van der Waals surface area (Å²) in [6, 6.07) is 2.10. The van der Waals surface area contributed by atoms with Gasteiger partial charge in [0.1, 0.15) is 0 Å². The van der Waals surface area contributed by atoms with Crippen LogP contribution < -0.4 is 0 Å². The fraction of sp³-hybridized carbons (Fsp3) is 0.769. The molecule has 14 heavy (non-hydrogen) atoms. The van der Waals surface area contributed by atoms with Crippen molar-refractivity contribution in [3.63, 3.8) is 0 Å². The molecule has 0 heterocycles. The van der Waals surface area contributed by atoms with E-state index in [1.54, 1.807) is 6.08 Å². The first-order chi connectivity index (χ1) is 6.57. The normalized spacial score (nSPS) is 44.4. The zero-order valence-electron chi connectivity index (χ0n) is 9.33. The Morgan fingerprint density at radius 3 is 2.57 bits per heavy atom. The van der Waals surface area contributed by atoms with Crippen molar-refractivity contribution >= 4 is 0 Å². The topological polar surface area (TPSA) is 23.8 Å². The second kappa shape index (κ2) is 3.12. The average molecular weight is 189 g/mol. The van der Waals surface area contributed by atoms with Crippen LogP contribution in [-0.2, 0) is 0 Å². The average Bonchev–Trinajstić information content (AvgIpc) is 2.65. The maximum atomic E-state index is 8.53. The van der Waals surface area contributed by atoms with Gasteiger partial charge in [0.25, 0.3) is 0 Å². The van der Waals surface area contributed by atoms with E-state index in [9.17, 15) is 0 Å². The lowest BCUT2D eigenvalue weighted by molar-refractivity contribution is 0.293. The summed E-state index contributed by atoms with van der Waals surface area (Å²) in [5.74, 6) is 3.30. The van der Waals surface area contributed by atoms with Crippen molar-refractivity contribution in [2.45, 2.75) is 33.6 Å². The third-order valence-corrected chi connectivity index (χ3v) is 4.59. The van der Waals surface area contributed by atoms with Crippen LogP contribution in [0.25, 0.3) is 0 Å². The Labute approximate surface area is 86.8 Å². The quantitative estimate of drug-likeness (QED) is 0.580. The third kappa shape index (κ3) is 1.38. The van der Waals surface area contributed by atoms with E-state index in [4.69, 9.17) is 5.26 Å². The monoisotopic (exact) mass is 189 g/mol. The molecule has 2 aliphatic rings. The molecule has 0 N–H and O–H groups in total. The Bertz CT molecular complexity index is 295. The molecule has 0 bridgehead atoms. The van der Waals surface area contributed by atoms with Crippen LogP contribution in [0.2, 0.25) is 0 Å². The molecular formula is C13H19N. The minimum atomic E-state index is 0.587. The van der Waals surface area contributed by atoms with Gasteiger partial charge >= 0.3 is 0 Å². The van der Waals surface area contributed by atoms with E-state index in [-0.39, 0.29) is 0 Å². The predicted molar refractivity (Wildman–Crippen MR) is 57.4 cm³/mol. The summed E-state index contributed by atoms with van der Waals surface area (Å²) in [5, 5.41) is 8.53. The smallest absolute Gasteiger partial charge is 0.0908 e. The fourth-order valence-corrected chi connectivity index (χ4v) is 3.33. The molecule has 4 atom stereocenters. The number of allylic oxidation sites excluding steroid dienone is 2. The molecule has 0 saturated heterocycles. The summed E-state index contributed by atoms with van der Waals surface area (Å²) in [6.45, 7) is 7.12.